The second-order valence-electron chi connectivity index (χ2n) is 3.01. The minimum absolute atomic E-state index is 0.676. The van der Waals surface area contributed by atoms with Crippen LogP contribution in [0.4, 0.5) is 0 Å². The van der Waals surface area contributed by atoms with E-state index in [4.69, 9.17) is 0 Å². The molecule has 0 aromatic heterocycles. The van der Waals surface area contributed by atoms with E-state index in [0.29, 0.717) is 6.54 Å². The Morgan fingerprint density at radius 3 is 2.38 bits per heavy atom. The standard InChI is InChI=1S/C11H14N2/c1-9-5-4-6-10(2)11(9)7-13-8-12-3/h4-6H,7H2,1-3H3. The van der Waals surface area contributed by atoms with Crippen LogP contribution in [0.5, 0.6) is 0 Å². The molecule has 0 aliphatic heterocycles. The quantitative estimate of drug-likeness (QED) is 0.616. The Hall–Kier alpha value is -1.40. The molecule has 1 aromatic carbocycles. The smallest absolute Gasteiger partial charge is 0.0893 e. The second kappa shape index (κ2) is 4.58. The normalized spacial score (nSPS) is 9.15. The molecule has 1 rings (SSSR count). The van der Waals surface area contributed by atoms with Gasteiger partial charge in [-0.25, -0.2) is 9.98 Å². The van der Waals surface area contributed by atoms with Gasteiger partial charge in [0.25, 0.3) is 0 Å². The Balaban J connectivity index is 2.93. The molecule has 0 amide bonds. The van der Waals surface area contributed by atoms with Crippen LogP contribution >= 0.6 is 0 Å². The maximum atomic E-state index is 4.07. The minimum atomic E-state index is 0.676. The first kappa shape index (κ1) is 9.69. The highest BCUT2D eigenvalue weighted by atomic mass is 14.8. The maximum absolute atomic E-state index is 4.07. The molecule has 2 nitrogen and oxygen atoms in total. The molecule has 0 bridgehead atoms. The summed E-state index contributed by atoms with van der Waals surface area (Å²) in [6.45, 7) is 4.87. The van der Waals surface area contributed by atoms with Gasteiger partial charge in [-0.2, -0.15) is 0 Å². The first-order valence-electron chi connectivity index (χ1n) is 4.31. The molecule has 0 aliphatic carbocycles. The van der Waals surface area contributed by atoms with Crippen LogP contribution in [0.1, 0.15) is 16.7 Å². The number of rotatable bonds is 2. The predicted molar refractivity (Wildman–Crippen MR) is 55.4 cm³/mol. The molecule has 2 heteroatoms. The summed E-state index contributed by atoms with van der Waals surface area (Å²) in [6, 6.07) is 8.86. The van der Waals surface area contributed by atoms with Crippen molar-refractivity contribution in [2.45, 2.75) is 20.4 Å². The number of nitrogens with zero attached hydrogens (tertiary/aromatic N) is 2. The fraction of sp³-hybridized carbons (Fsp3) is 0.364. The van der Waals surface area contributed by atoms with Crippen molar-refractivity contribution in [1.29, 1.82) is 0 Å². The Morgan fingerprint density at radius 1 is 1.23 bits per heavy atom. The van der Waals surface area contributed by atoms with Crippen molar-refractivity contribution in [2.75, 3.05) is 7.05 Å². The van der Waals surface area contributed by atoms with Gasteiger partial charge in [0.15, 0.2) is 0 Å². The van der Waals surface area contributed by atoms with Gasteiger partial charge in [-0.05, 0) is 30.5 Å². The monoisotopic (exact) mass is 174 g/mol. The highest BCUT2D eigenvalue weighted by molar-refractivity contribution is 5.42. The van der Waals surface area contributed by atoms with Crippen molar-refractivity contribution in [3.05, 3.63) is 34.9 Å². The fourth-order valence-corrected chi connectivity index (χ4v) is 1.28. The Bertz CT molecular complexity index is 327. The maximum Gasteiger partial charge on any atom is 0.0893 e. The van der Waals surface area contributed by atoms with Crippen LogP contribution in [-0.2, 0) is 6.54 Å². The molecule has 0 fully saturated rings. The largest absolute Gasteiger partial charge is 0.229 e. The summed E-state index contributed by atoms with van der Waals surface area (Å²) in [7, 11) is 1.67. The number of benzene rings is 1. The van der Waals surface area contributed by atoms with Gasteiger partial charge in [0, 0.05) is 7.05 Å². The molecule has 0 heterocycles. The third-order valence-electron chi connectivity index (χ3n) is 2.05. The van der Waals surface area contributed by atoms with E-state index in [1.165, 1.54) is 16.7 Å². The van der Waals surface area contributed by atoms with Crippen LogP contribution in [0.15, 0.2) is 28.2 Å². The molecule has 1 aromatic rings. The second-order valence-corrected chi connectivity index (χ2v) is 3.01. The highest BCUT2D eigenvalue weighted by Crippen LogP contribution is 2.13. The van der Waals surface area contributed by atoms with Gasteiger partial charge < -0.3 is 0 Å². The third kappa shape index (κ3) is 2.53. The minimum Gasteiger partial charge on any atom is -0.229 e. The first-order valence-corrected chi connectivity index (χ1v) is 4.31. The zero-order valence-corrected chi connectivity index (χ0v) is 8.33. The summed E-state index contributed by atoms with van der Waals surface area (Å²) in [6.07, 6.45) is 0. The molecule has 0 atom stereocenters. The van der Waals surface area contributed by atoms with Gasteiger partial charge in [0.05, 0.1) is 12.6 Å². The average molecular weight is 174 g/mol. The van der Waals surface area contributed by atoms with E-state index in [2.05, 4.69) is 48.0 Å². The zero-order chi connectivity index (χ0) is 9.68. The Labute approximate surface area is 79.0 Å². The molecule has 0 unspecified atom stereocenters. The lowest BCUT2D eigenvalue weighted by atomic mass is 10.0. The van der Waals surface area contributed by atoms with Crippen molar-refractivity contribution < 1.29 is 0 Å². The highest BCUT2D eigenvalue weighted by Gasteiger charge is 1.99. The van der Waals surface area contributed by atoms with Crippen LogP contribution in [0.25, 0.3) is 0 Å². The van der Waals surface area contributed by atoms with Crippen LogP contribution in [0, 0.1) is 13.8 Å². The van der Waals surface area contributed by atoms with Crippen molar-refractivity contribution in [3.63, 3.8) is 0 Å². The molecule has 0 N–H and O–H groups in total. The van der Waals surface area contributed by atoms with Crippen LogP contribution in [0.3, 0.4) is 0 Å². The molecule has 13 heavy (non-hydrogen) atoms. The topological polar surface area (TPSA) is 24.7 Å². The molecule has 0 aliphatic rings. The molecule has 68 valence electrons. The van der Waals surface area contributed by atoms with Crippen molar-refractivity contribution in [1.82, 2.24) is 0 Å². The molecule has 0 saturated carbocycles. The summed E-state index contributed by atoms with van der Waals surface area (Å²) in [5.41, 5.74) is 3.84. The van der Waals surface area contributed by atoms with Crippen molar-refractivity contribution >= 4 is 6.01 Å². The Kier molecular flexibility index (Phi) is 3.41. The average Bonchev–Trinajstić information content (AvgIpc) is 2.10. The summed E-state index contributed by atoms with van der Waals surface area (Å²) >= 11 is 0. The number of hydrogen-bond acceptors (Lipinski definition) is 2. The fourth-order valence-electron chi connectivity index (χ4n) is 1.28. The lowest BCUT2D eigenvalue weighted by Gasteiger charge is -2.04. The van der Waals surface area contributed by atoms with Crippen molar-refractivity contribution in [2.24, 2.45) is 9.98 Å². The van der Waals surface area contributed by atoms with Gasteiger partial charge in [0.2, 0.25) is 0 Å². The molecular formula is C11H14N2. The van der Waals surface area contributed by atoms with Gasteiger partial charge in [-0.3, -0.25) is 0 Å². The number of hydrogen-bond donors (Lipinski definition) is 0. The van der Waals surface area contributed by atoms with E-state index in [9.17, 15) is 0 Å². The third-order valence-corrected chi connectivity index (χ3v) is 2.05. The molecule has 0 saturated heterocycles. The predicted octanol–water partition coefficient (Wildman–Crippen LogP) is 2.61. The van der Waals surface area contributed by atoms with E-state index < -0.39 is 0 Å². The van der Waals surface area contributed by atoms with E-state index in [1.807, 2.05) is 0 Å². The number of aryl methyl sites for hydroxylation is 2. The van der Waals surface area contributed by atoms with Crippen molar-refractivity contribution in [3.8, 4) is 0 Å². The van der Waals surface area contributed by atoms with E-state index in [-0.39, 0.29) is 0 Å². The van der Waals surface area contributed by atoms with Gasteiger partial charge in [0.1, 0.15) is 0 Å². The van der Waals surface area contributed by atoms with Gasteiger partial charge in [-0.15, -0.1) is 0 Å². The SMILES string of the molecule is CN=C=NCc1c(C)cccc1C. The van der Waals surface area contributed by atoms with Gasteiger partial charge >= 0.3 is 0 Å². The zero-order valence-electron chi connectivity index (χ0n) is 8.33. The van der Waals surface area contributed by atoms with E-state index >= 15 is 0 Å². The molecule has 0 radical (unpaired) electrons. The van der Waals surface area contributed by atoms with E-state index in [1.54, 1.807) is 7.05 Å². The summed E-state index contributed by atoms with van der Waals surface area (Å²) < 4.78 is 0. The lowest BCUT2D eigenvalue weighted by Crippen LogP contribution is -1.90. The first-order chi connectivity index (χ1) is 6.25. The van der Waals surface area contributed by atoms with Crippen LogP contribution in [0.2, 0.25) is 0 Å². The number of aliphatic imine (C=N–C) groups is 2. The van der Waals surface area contributed by atoms with Crippen LogP contribution < -0.4 is 0 Å². The molecular weight excluding hydrogens is 160 g/mol. The summed E-state index contributed by atoms with van der Waals surface area (Å²) in [4.78, 5) is 7.76. The lowest BCUT2D eigenvalue weighted by molar-refractivity contribution is 1.03. The molecule has 0 spiro atoms. The van der Waals surface area contributed by atoms with Gasteiger partial charge in [-0.1, -0.05) is 18.2 Å². The summed E-state index contributed by atoms with van der Waals surface area (Å²) in [5, 5.41) is 0. The van der Waals surface area contributed by atoms with Crippen LogP contribution in [-0.4, -0.2) is 13.1 Å². The summed E-state index contributed by atoms with van der Waals surface area (Å²) in [5.74, 6) is 0. The Morgan fingerprint density at radius 2 is 1.85 bits per heavy atom. The van der Waals surface area contributed by atoms with E-state index in [0.717, 1.165) is 0 Å².